The van der Waals surface area contributed by atoms with Gasteiger partial charge >= 0.3 is 5.97 Å². The number of carbonyl (C=O) groups is 2. The first kappa shape index (κ1) is 27.3. The molecule has 1 heterocycles. The third-order valence-corrected chi connectivity index (χ3v) is 8.71. The first-order chi connectivity index (χ1) is 18.2. The lowest BCUT2D eigenvalue weighted by Gasteiger charge is -2.26. The summed E-state index contributed by atoms with van der Waals surface area (Å²) in [6, 6.07) is 14.8. The molecule has 2 N–H and O–H groups in total. The lowest BCUT2D eigenvalue weighted by atomic mass is 9.84. The monoisotopic (exact) mass is 537 g/mol. The molecule has 2 aromatic carbocycles. The summed E-state index contributed by atoms with van der Waals surface area (Å²) in [5.74, 6) is -1.80. The van der Waals surface area contributed by atoms with Gasteiger partial charge in [-0.3, -0.25) is 9.78 Å². The van der Waals surface area contributed by atoms with Crippen LogP contribution in [-0.4, -0.2) is 53.4 Å². The Labute approximate surface area is 222 Å². The lowest BCUT2D eigenvalue weighted by molar-refractivity contribution is -0.118. The maximum atomic E-state index is 13.5. The highest BCUT2D eigenvalue weighted by atomic mass is 32.2. The van der Waals surface area contributed by atoms with Gasteiger partial charge in [0.1, 0.15) is 16.2 Å². The summed E-state index contributed by atoms with van der Waals surface area (Å²) in [4.78, 5) is 30.0. The number of aromatic carboxylic acids is 1. The molecule has 1 amide bonds. The van der Waals surface area contributed by atoms with Crippen molar-refractivity contribution < 1.29 is 28.2 Å². The number of likely N-dealkylation sites (N-methyl/N-ethyl adjacent to an activating group) is 1. The first-order valence-electron chi connectivity index (χ1n) is 12.5. The minimum atomic E-state index is -3.97. The van der Waals surface area contributed by atoms with E-state index in [9.17, 15) is 28.2 Å². The Morgan fingerprint density at radius 1 is 1.03 bits per heavy atom. The number of carboxylic acids is 1. The number of nitrogens with zero attached hydrogens (tertiary/aromatic N) is 3. The molecule has 10 heteroatoms. The smallest absolute Gasteiger partial charge is 0.339 e. The van der Waals surface area contributed by atoms with E-state index in [-0.39, 0.29) is 22.7 Å². The van der Waals surface area contributed by atoms with Gasteiger partial charge in [-0.25, -0.2) is 13.2 Å². The van der Waals surface area contributed by atoms with Crippen LogP contribution in [0.2, 0.25) is 0 Å². The molecule has 0 unspecified atom stereocenters. The molecule has 0 saturated heterocycles. The molecule has 1 saturated carbocycles. The molecule has 0 aliphatic heterocycles. The topological polar surface area (TPSA) is 128 Å². The van der Waals surface area contributed by atoms with Gasteiger partial charge in [0.15, 0.2) is 0 Å². The summed E-state index contributed by atoms with van der Waals surface area (Å²) >= 11 is 0. The predicted molar refractivity (Wildman–Crippen MR) is 143 cm³/mol. The fraction of sp³-hybridized carbons (Fsp3) is 0.321. The van der Waals surface area contributed by atoms with Crippen molar-refractivity contribution in [3.8, 4) is 5.75 Å². The number of hydrogen-bond donors (Lipinski definition) is 2. The second-order valence-corrected chi connectivity index (χ2v) is 11.6. The summed E-state index contributed by atoms with van der Waals surface area (Å²) in [5.41, 5.74) is 2.03. The van der Waals surface area contributed by atoms with Crippen molar-refractivity contribution in [2.24, 2.45) is 0 Å². The van der Waals surface area contributed by atoms with E-state index >= 15 is 0 Å². The van der Waals surface area contributed by atoms with Crippen LogP contribution >= 0.6 is 0 Å². The van der Waals surface area contributed by atoms with E-state index in [0.29, 0.717) is 5.92 Å². The summed E-state index contributed by atoms with van der Waals surface area (Å²) < 4.78 is 26.9. The van der Waals surface area contributed by atoms with Gasteiger partial charge in [0, 0.05) is 31.2 Å². The fourth-order valence-electron chi connectivity index (χ4n) is 4.75. The Morgan fingerprint density at radius 3 is 2.34 bits per heavy atom. The molecular weight excluding hydrogens is 506 g/mol. The van der Waals surface area contributed by atoms with Gasteiger partial charge in [-0.1, -0.05) is 43.5 Å². The van der Waals surface area contributed by atoms with Crippen LogP contribution in [0.15, 0.2) is 71.9 Å². The number of benzene rings is 2. The second kappa shape index (κ2) is 11.7. The van der Waals surface area contributed by atoms with Crippen LogP contribution in [0.1, 0.15) is 59.5 Å². The summed E-state index contributed by atoms with van der Waals surface area (Å²) in [6.07, 6.45) is 8.71. The Hall–Kier alpha value is -3.76. The highest BCUT2D eigenvalue weighted by Gasteiger charge is 2.27. The molecule has 1 aliphatic carbocycles. The zero-order valence-corrected chi connectivity index (χ0v) is 22.0. The van der Waals surface area contributed by atoms with Gasteiger partial charge in [0.25, 0.3) is 0 Å². The lowest BCUT2D eigenvalue weighted by Crippen LogP contribution is -2.41. The molecule has 0 atom stereocenters. The molecule has 0 bridgehead atoms. The Morgan fingerprint density at radius 2 is 1.74 bits per heavy atom. The Balaban J connectivity index is 1.60. The van der Waals surface area contributed by atoms with E-state index in [2.05, 4.69) is 17.1 Å². The quantitative estimate of drug-likeness (QED) is 0.414. The van der Waals surface area contributed by atoms with E-state index in [1.54, 1.807) is 0 Å². The number of carboxylic acid groups (broad SMARTS) is 1. The van der Waals surface area contributed by atoms with Gasteiger partial charge in [-0.2, -0.15) is 4.31 Å². The summed E-state index contributed by atoms with van der Waals surface area (Å²) in [7, 11) is -2.66. The molecule has 1 aromatic heterocycles. The van der Waals surface area contributed by atoms with Gasteiger partial charge in [-0.15, -0.1) is 0 Å². The number of anilines is 1. The molecule has 4 rings (SSSR count). The predicted octanol–water partition coefficient (Wildman–Crippen LogP) is 4.39. The van der Waals surface area contributed by atoms with Gasteiger partial charge < -0.3 is 15.1 Å². The van der Waals surface area contributed by atoms with Crippen molar-refractivity contribution in [1.29, 1.82) is 0 Å². The highest BCUT2D eigenvalue weighted by Crippen LogP contribution is 2.33. The van der Waals surface area contributed by atoms with E-state index in [1.165, 1.54) is 79.5 Å². The number of aromatic hydroxyl groups is 1. The average molecular weight is 538 g/mol. The third-order valence-electron chi connectivity index (χ3n) is 6.92. The molecule has 1 aliphatic rings. The van der Waals surface area contributed by atoms with E-state index in [0.717, 1.165) is 22.7 Å². The van der Waals surface area contributed by atoms with Crippen molar-refractivity contribution in [2.75, 3.05) is 18.5 Å². The number of phenols is 1. The molecule has 200 valence electrons. The molecule has 1 fully saturated rings. The SMILES string of the molecule is CN(CC(=O)N(Cc1ccc(C2CCCCC2)cc1)c1ccc(C(=O)O)c(O)c1)S(=O)(=O)c1cccnc1. The summed E-state index contributed by atoms with van der Waals surface area (Å²) in [5, 5.41) is 19.5. The Bertz CT molecular complexity index is 1390. The normalized spacial score (nSPS) is 14.4. The van der Waals surface area contributed by atoms with E-state index in [4.69, 9.17) is 0 Å². The van der Waals surface area contributed by atoms with Crippen molar-refractivity contribution in [3.05, 3.63) is 83.7 Å². The van der Waals surface area contributed by atoms with Crippen LogP contribution in [0.3, 0.4) is 0 Å². The van der Waals surface area contributed by atoms with E-state index < -0.39 is 34.2 Å². The molecule has 38 heavy (non-hydrogen) atoms. The molecule has 0 spiro atoms. The summed E-state index contributed by atoms with van der Waals surface area (Å²) in [6.45, 7) is -0.366. The van der Waals surface area contributed by atoms with Crippen LogP contribution in [0, 0.1) is 0 Å². The van der Waals surface area contributed by atoms with Crippen molar-refractivity contribution in [2.45, 2.75) is 49.5 Å². The maximum absolute atomic E-state index is 13.5. The molecule has 0 radical (unpaired) electrons. The second-order valence-electron chi connectivity index (χ2n) is 9.51. The number of sulfonamides is 1. The minimum absolute atomic E-state index is 0.0383. The molecular formula is C28H31N3O6S. The van der Waals surface area contributed by atoms with Crippen molar-refractivity contribution >= 4 is 27.6 Å². The van der Waals surface area contributed by atoms with Crippen LogP contribution < -0.4 is 4.90 Å². The Kier molecular flexibility index (Phi) is 8.43. The molecule has 9 nitrogen and oxygen atoms in total. The van der Waals surface area contributed by atoms with E-state index in [1.807, 2.05) is 12.1 Å². The van der Waals surface area contributed by atoms with Gasteiger partial charge in [0.05, 0.1) is 13.1 Å². The van der Waals surface area contributed by atoms with Crippen LogP contribution in [-0.2, 0) is 21.4 Å². The average Bonchev–Trinajstić information content (AvgIpc) is 2.92. The van der Waals surface area contributed by atoms with Gasteiger partial charge in [0.2, 0.25) is 15.9 Å². The van der Waals surface area contributed by atoms with Crippen LogP contribution in [0.25, 0.3) is 0 Å². The molecule has 3 aromatic rings. The fourth-order valence-corrected chi connectivity index (χ4v) is 5.83. The van der Waals surface area contributed by atoms with Crippen LogP contribution in [0.5, 0.6) is 5.75 Å². The number of carbonyl (C=O) groups excluding carboxylic acids is 1. The number of rotatable bonds is 9. The third kappa shape index (κ3) is 6.20. The zero-order chi connectivity index (χ0) is 27.3. The van der Waals surface area contributed by atoms with Crippen molar-refractivity contribution in [3.63, 3.8) is 0 Å². The van der Waals surface area contributed by atoms with Crippen LogP contribution in [0.4, 0.5) is 5.69 Å². The highest BCUT2D eigenvalue weighted by molar-refractivity contribution is 7.89. The minimum Gasteiger partial charge on any atom is -0.507 e. The maximum Gasteiger partial charge on any atom is 0.339 e. The number of hydrogen-bond acceptors (Lipinski definition) is 6. The zero-order valence-electron chi connectivity index (χ0n) is 21.2. The number of aromatic nitrogens is 1. The standard InChI is InChI=1S/C28H31N3O6S/c1-30(38(36,37)24-8-5-15-29-17-24)19-27(33)31(23-13-14-25(28(34)35)26(32)16-23)18-20-9-11-22(12-10-20)21-6-3-2-4-7-21/h5,8-17,21,32H,2-4,6-7,18-19H2,1H3,(H,34,35). The van der Waals surface area contributed by atoms with Gasteiger partial charge in [-0.05, 0) is 54.2 Å². The number of pyridine rings is 1. The first-order valence-corrected chi connectivity index (χ1v) is 13.9. The number of amides is 1. The van der Waals surface area contributed by atoms with Crippen molar-refractivity contribution in [1.82, 2.24) is 9.29 Å². The largest absolute Gasteiger partial charge is 0.507 e.